The van der Waals surface area contributed by atoms with Crippen molar-refractivity contribution in [3.05, 3.63) is 70.3 Å². The summed E-state index contributed by atoms with van der Waals surface area (Å²) in [5, 5.41) is 0.663. The Balaban J connectivity index is 0.00000105. The molecule has 0 saturated carbocycles. The van der Waals surface area contributed by atoms with E-state index >= 15 is 0 Å². The average Bonchev–Trinajstić information content (AvgIpc) is 3.33. The summed E-state index contributed by atoms with van der Waals surface area (Å²) in [7, 11) is 0. The van der Waals surface area contributed by atoms with Crippen molar-refractivity contribution in [2.45, 2.75) is 0 Å². The smallest absolute Gasteiger partial charge is 1.00 e. The van der Waals surface area contributed by atoms with Crippen LogP contribution in [-0.2, 0) is 0 Å². The van der Waals surface area contributed by atoms with Crippen molar-refractivity contribution in [1.29, 1.82) is 0 Å². The minimum absolute atomic E-state index is 0. The second kappa shape index (κ2) is 10.4. The number of nitrogens with one attached hydrogen (secondary N) is 2. The molecule has 4 nitrogen and oxygen atoms in total. The molecule has 3 aromatic rings. The molecular formula is C20H13Cl4GaN4. The summed E-state index contributed by atoms with van der Waals surface area (Å²) in [6.07, 6.45) is 7.95. The molecule has 5 heterocycles. The van der Waals surface area contributed by atoms with Crippen LogP contribution >= 0.6 is 11.6 Å². The fourth-order valence-electron chi connectivity index (χ4n) is 2.98. The van der Waals surface area contributed by atoms with Crippen LogP contribution in [0.3, 0.4) is 0 Å². The first-order chi connectivity index (χ1) is 12.2. The number of halogens is 4. The van der Waals surface area contributed by atoms with E-state index in [2.05, 4.69) is 19.9 Å². The Bertz CT molecular complexity index is 1230. The van der Waals surface area contributed by atoms with Crippen LogP contribution in [0.1, 0.15) is 22.8 Å². The SMILES string of the molecule is Clc1cc2cc3nc(cc4ccc(cc5nc(cc1[nH]2)C=C5)[nH]4)C=C3.[Cl-].[Cl-].[Cl-].[Ga+3]. The van der Waals surface area contributed by atoms with E-state index in [9.17, 15) is 0 Å². The summed E-state index contributed by atoms with van der Waals surface area (Å²) < 4.78 is 0. The van der Waals surface area contributed by atoms with Gasteiger partial charge < -0.3 is 47.2 Å². The number of aromatic amines is 2. The Labute approximate surface area is 204 Å². The van der Waals surface area contributed by atoms with Crippen LogP contribution in [-0.4, -0.2) is 39.7 Å². The molecule has 0 aromatic carbocycles. The van der Waals surface area contributed by atoms with Crippen molar-refractivity contribution in [3.63, 3.8) is 0 Å². The molecule has 5 rings (SSSR count). The molecule has 144 valence electrons. The van der Waals surface area contributed by atoms with E-state index in [0.717, 1.165) is 44.8 Å². The molecule has 2 aliphatic rings. The molecule has 0 radical (unpaired) electrons. The number of nitrogens with zero attached hydrogens (tertiary/aromatic N) is 2. The summed E-state index contributed by atoms with van der Waals surface area (Å²) in [5.41, 5.74) is 7.31. The van der Waals surface area contributed by atoms with Gasteiger partial charge in [-0.15, -0.1) is 0 Å². The van der Waals surface area contributed by atoms with Crippen LogP contribution in [0.4, 0.5) is 0 Å². The minimum Gasteiger partial charge on any atom is -1.00 e. The summed E-state index contributed by atoms with van der Waals surface area (Å²) in [6.45, 7) is 0. The minimum atomic E-state index is 0. The third-order valence-electron chi connectivity index (χ3n) is 4.12. The molecule has 0 amide bonds. The van der Waals surface area contributed by atoms with E-state index in [-0.39, 0.29) is 57.0 Å². The zero-order valence-electron chi connectivity index (χ0n) is 14.8. The largest absolute Gasteiger partial charge is 3.00 e. The molecule has 2 N–H and O–H groups in total. The van der Waals surface area contributed by atoms with Gasteiger partial charge in [-0.05, 0) is 66.8 Å². The number of fused-ring (bicyclic) bond motifs is 8. The number of hydrogen-bond acceptors (Lipinski definition) is 2. The van der Waals surface area contributed by atoms with Gasteiger partial charge in [-0.3, -0.25) is 0 Å². The molecule has 29 heavy (non-hydrogen) atoms. The number of rotatable bonds is 0. The number of hydrogen-bond donors (Lipinski definition) is 2. The van der Waals surface area contributed by atoms with Crippen molar-refractivity contribution in [1.82, 2.24) is 19.9 Å². The van der Waals surface area contributed by atoms with Gasteiger partial charge in [0.25, 0.3) is 0 Å². The maximum atomic E-state index is 6.35. The summed E-state index contributed by atoms with van der Waals surface area (Å²) >= 11 is 6.35. The molecule has 0 atom stereocenters. The zero-order valence-corrected chi connectivity index (χ0v) is 20.3. The molecule has 0 fully saturated rings. The van der Waals surface area contributed by atoms with E-state index in [1.165, 1.54) is 0 Å². The fraction of sp³-hybridized carbons (Fsp3) is 0. The van der Waals surface area contributed by atoms with Gasteiger partial charge >= 0.3 is 19.8 Å². The number of aromatic nitrogens is 4. The first-order valence-electron chi connectivity index (χ1n) is 7.95. The Morgan fingerprint density at radius 1 is 0.586 bits per heavy atom. The first kappa shape index (κ1) is 25.4. The van der Waals surface area contributed by atoms with Crippen molar-refractivity contribution in [2.75, 3.05) is 0 Å². The van der Waals surface area contributed by atoms with Gasteiger partial charge in [0.15, 0.2) is 0 Å². The Morgan fingerprint density at radius 3 is 1.55 bits per heavy atom. The molecule has 0 unspecified atom stereocenters. The van der Waals surface area contributed by atoms with Gasteiger partial charge in [0.05, 0.1) is 33.3 Å². The molecule has 3 aromatic heterocycles. The van der Waals surface area contributed by atoms with Crippen molar-refractivity contribution in [3.8, 4) is 0 Å². The summed E-state index contributed by atoms with van der Waals surface area (Å²) in [4.78, 5) is 15.9. The Morgan fingerprint density at radius 2 is 1.03 bits per heavy atom. The fourth-order valence-corrected chi connectivity index (χ4v) is 3.20. The topological polar surface area (TPSA) is 57.4 Å². The molecular weight excluding hydrogens is 508 g/mol. The predicted molar refractivity (Wildman–Crippen MR) is 110 cm³/mol. The second-order valence-corrected chi connectivity index (χ2v) is 6.43. The van der Waals surface area contributed by atoms with Crippen LogP contribution < -0.4 is 37.2 Å². The van der Waals surface area contributed by atoms with E-state index in [4.69, 9.17) is 11.6 Å². The molecule has 8 bridgehead atoms. The van der Waals surface area contributed by atoms with Crippen LogP contribution in [0.25, 0.3) is 46.4 Å². The van der Waals surface area contributed by atoms with Gasteiger partial charge in [0.2, 0.25) is 0 Å². The van der Waals surface area contributed by atoms with Gasteiger partial charge in [-0.2, -0.15) is 0 Å². The van der Waals surface area contributed by atoms with Gasteiger partial charge in [-0.1, -0.05) is 11.6 Å². The quantitative estimate of drug-likeness (QED) is 0.204. The molecule has 0 spiro atoms. The van der Waals surface area contributed by atoms with Gasteiger partial charge in [-0.25, -0.2) is 9.97 Å². The Kier molecular flexibility index (Phi) is 9.15. The summed E-state index contributed by atoms with van der Waals surface area (Å²) in [6, 6.07) is 13.9. The van der Waals surface area contributed by atoms with E-state index in [1.54, 1.807) is 0 Å². The van der Waals surface area contributed by atoms with Crippen LogP contribution in [0.2, 0.25) is 5.02 Å². The average molecular weight is 521 g/mol. The van der Waals surface area contributed by atoms with E-state index in [0.29, 0.717) is 5.02 Å². The third-order valence-corrected chi connectivity index (χ3v) is 4.43. The summed E-state index contributed by atoms with van der Waals surface area (Å²) in [5.74, 6) is 0. The van der Waals surface area contributed by atoms with E-state index in [1.807, 2.05) is 66.8 Å². The second-order valence-electron chi connectivity index (χ2n) is 6.02. The van der Waals surface area contributed by atoms with Crippen LogP contribution in [0, 0.1) is 0 Å². The van der Waals surface area contributed by atoms with Gasteiger partial charge in [0, 0.05) is 16.6 Å². The maximum Gasteiger partial charge on any atom is 3.00 e. The van der Waals surface area contributed by atoms with E-state index < -0.39 is 0 Å². The number of H-pyrrole nitrogens is 2. The third kappa shape index (κ3) is 5.51. The molecule has 2 aliphatic heterocycles. The molecule has 9 heteroatoms. The first-order valence-corrected chi connectivity index (χ1v) is 8.33. The Hall–Kier alpha value is -1.60. The van der Waals surface area contributed by atoms with Crippen LogP contribution in [0.5, 0.6) is 0 Å². The van der Waals surface area contributed by atoms with Crippen LogP contribution in [0.15, 0.2) is 42.5 Å². The molecule has 0 saturated heterocycles. The molecule has 0 aliphatic carbocycles. The zero-order chi connectivity index (χ0) is 16.8. The van der Waals surface area contributed by atoms with Crippen molar-refractivity contribution < 1.29 is 37.2 Å². The van der Waals surface area contributed by atoms with Gasteiger partial charge in [0.1, 0.15) is 0 Å². The normalized spacial score (nSPS) is 10.9. The maximum absolute atomic E-state index is 6.35. The predicted octanol–water partition coefficient (Wildman–Crippen LogP) is -4.06. The van der Waals surface area contributed by atoms with Crippen molar-refractivity contribution in [2.24, 2.45) is 0 Å². The van der Waals surface area contributed by atoms with Crippen molar-refractivity contribution >= 4 is 77.8 Å². The monoisotopic (exact) mass is 518 g/mol. The standard InChI is InChI=1S/C20H13ClN4.3ClH.Ga/c21-19-10-18-9-16-4-3-14(23-16)7-12-1-2-13(22-12)8-15-5-6-17(24-15)11-20(19)25-18;;;;/h1-11,22,25H;3*1H;/q;;;;+3/p-3.